The summed E-state index contributed by atoms with van der Waals surface area (Å²) in [7, 11) is 0. The van der Waals surface area contributed by atoms with Gasteiger partial charge >= 0.3 is 12.1 Å². The number of carboxylic acid groups (broad SMARTS) is 1. The van der Waals surface area contributed by atoms with Crippen molar-refractivity contribution in [3.05, 3.63) is 41.7 Å². The molecular formula is C11H8F3N3O2. The van der Waals surface area contributed by atoms with Crippen LogP contribution in [0.4, 0.5) is 18.9 Å². The van der Waals surface area contributed by atoms with Crippen LogP contribution in [0.15, 0.2) is 30.6 Å². The van der Waals surface area contributed by atoms with Gasteiger partial charge in [0.15, 0.2) is 0 Å². The van der Waals surface area contributed by atoms with E-state index in [2.05, 4.69) is 5.10 Å². The summed E-state index contributed by atoms with van der Waals surface area (Å²) in [5.41, 5.74) is 4.70. The van der Waals surface area contributed by atoms with E-state index in [0.717, 1.165) is 10.9 Å². The molecule has 100 valence electrons. The number of carbonyl (C=O) groups is 1. The summed E-state index contributed by atoms with van der Waals surface area (Å²) in [6.45, 7) is 0. The van der Waals surface area contributed by atoms with E-state index in [4.69, 9.17) is 10.8 Å². The fourth-order valence-electron chi connectivity index (χ4n) is 1.50. The number of benzene rings is 1. The van der Waals surface area contributed by atoms with Crippen molar-refractivity contribution in [3.8, 4) is 5.69 Å². The average Bonchev–Trinajstić information content (AvgIpc) is 2.76. The molecule has 3 N–H and O–H groups in total. The number of carboxylic acids is 1. The van der Waals surface area contributed by atoms with Gasteiger partial charge in [-0.25, -0.2) is 9.48 Å². The van der Waals surface area contributed by atoms with Crippen molar-refractivity contribution in [2.24, 2.45) is 0 Å². The van der Waals surface area contributed by atoms with Crippen molar-refractivity contribution >= 4 is 11.7 Å². The smallest absolute Gasteiger partial charge is 0.419 e. The molecule has 0 radical (unpaired) electrons. The quantitative estimate of drug-likeness (QED) is 0.820. The molecule has 1 aromatic heterocycles. The highest BCUT2D eigenvalue weighted by molar-refractivity contribution is 5.94. The molecule has 0 saturated carbocycles. The Morgan fingerprint density at radius 1 is 1.37 bits per heavy atom. The second-order valence-corrected chi connectivity index (χ2v) is 3.75. The molecule has 0 spiro atoms. The van der Waals surface area contributed by atoms with E-state index in [-0.39, 0.29) is 16.9 Å². The van der Waals surface area contributed by atoms with Crippen LogP contribution < -0.4 is 5.73 Å². The summed E-state index contributed by atoms with van der Waals surface area (Å²) in [6.07, 6.45) is -3.00. The van der Waals surface area contributed by atoms with E-state index in [1.807, 2.05) is 0 Å². The van der Waals surface area contributed by atoms with Gasteiger partial charge in [0.1, 0.15) is 0 Å². The second-order valence-electron chi connectivity index (χ2n) is 3.75. The van der Waals surface area contributed by atoms with Crippen LogP contribution in [0.1, 0.15) is 15.9 Å². The molecule has 1 heterocycles. The third-order valence-corrected chi connectivity index (χ3v) is 2.44. The molecule has 5 nitrogen and oxygen atoms in total. The van der Waals surface area contributed by atoms with Crippen molar-refractivity contribution in [1.82, 2.24) is 9.78 Å². The number of aromatic nitrogens is 2. The Kier molecular flexibility index (Phi) is 2.93. The molecule has 0 aliphatic heterocycles. The third-order valence-electron chi connectivity index (χ3n) is 2.44. The number of nitrogen functional groups attached to an aromatic ring is 1. The fraction of sp³-hybridized carbons (Fsp3) is 0.0909. The lowest BCUT2D eigenvalue weighted by Crippen LogP contribution is -2.05. The first kappa shape index (κ1) is 12.9. The lowest BCUT2D eigenvalue weighted by molar-refractivity contribution is -0.137. The number of halogens is 3. The Balaban J connectivity index is 2.40. The van der Waals surface area contributed by atoms with E-state index < -0.39 is 17.7 Å². The Hall–Kier alpha value is -2.51. The zero-order valence-electron chi connectivity index (χ0n) is 9.35. The predicted molar refractivity (Wildman–Crippen MR) is 59.9 cm³/mol. The summed E-state index contributed by atoms with van der Waals surface area (Å²) >= 11 is 0. The van der Waals surface area contributed by atoms with E-state index in [0.29, 0.717) is 6.20 Å². The maximum Gasteiger partial charge on any atom is 0.419 e. The number of nitrogens with zero attached hydrogens (tertiary/aromatic N) is 2. The second kappa shape index (κ2) is 4.30. The number of hydrogen-bond acceptors (Lipinski definition) is 3. The number of nitrogens with two attached hydrogens (primary N) is 1. The van der Waals surface area contributed by atoms with Crippen LogP contribution in [-0.4, -0.2) is 20.9 Å². The number of aromatic carboxylic acids is 1. The topological polar surface area (TPSA) is 81.1 Å². The standard InChI is InChI=1S/C11H8F3N3O2/c12-11(13,14)6-4-16-17(5-6)7-1-2-8(10(18)19)9(15)3-7/h1-5H,15H2,(H,18,19). The number of alkyl halides is 3. The molecule has 2 aromatic rings. The molecule has 0 bridgehead atoms. The van der Waals surface area contributed by atoms with E-state index in [1.165, 1.54) is 18.2 Å². The summed E-state index contributed by atoms with van der Waals surface area (Å²) in [4.78, 5) is 10.8. The van der Waals surface area contributed by atoms with Crippen LogP contribution >= 0.6 is 0 Å². The normalized spacial score (nSPS) is 11.5. The molecule has 0 aliphatic rings. The minimum absolute atomic E-state index is 0.0472. The molecule has 8 heteroatoms. The molecule has 0 atom stereocenters. The van der Waals surface area contributed by atoms with Crippen molar-refractivity contribution < 1.29 is 23.1 Å². The van der Waals surface area contributed by atoms with Crippen LogP contribution in [0.3, 0.4) is 0 Å². The molecule has 19 heavy (non-hydrogen) atoms. The average molecular weight is 271 g/mol. The highest BCUT2D eigenvalue weighted by Gasteiger charge is 2.32. The molecule has 2 rings (SSSR count). The van der Waals surface area contributed by atoms with E-state index >= 15 is 0 Å². The molecule has 0 fully saturated rings. The predicted octanol–water partition coefficient (Wildman–Crippen LogP) is 2.17. The number of hydrogen-bond donors (Lipinski definition) is 2. The Bertz CT molecular complexity index is 634. The summed E-state index contributed by atoms with van der Waals surface area (Å²) in [5, 5.41) is 12.3. The zero-order valence-corrected chi connectivity index (χ0v) is 9.35. The Morgan fingerprint density at radius 2 is 2.05 bits per heavy atom. The van der Waals surface area contributed by atoms with Crippen molar-refractivity contribution in [3.63, 3.8) is 0 Å². The van der Waals surface area contributed by atoms with Crippen molar-refractivity contribution in [2.75, 3.05) is 5.73 Å². The maximum atomic E-state index is 12.4. The van der Waals surface area contributed by atoms with Crippen LogP contribution in [0.5, 0.6) is 0 Å². The first-order chi connectivity index (χ1) is 8.79. The van der Waals surface area contributed by atoms with Gasteiger partial charge in [-0.3, -0.25) is 0 Å². The Labute approximate surface area is 105 Å². The monoisotopic (exact) mass is 271 g/mol. The molecule has 0 saturated heterocycles. The van der Waals surface area contributed by atoms with Crippen LogP contribution in [0.25, 0.3) is 5.69 Å². The van der Waals surface area contributed by atoms with E-state index in [1.54, 1.807) is 0 Å². The SMILES string of the molecule is Nc1cc(-n2cc(C(F)(F)F)cn2)ccc1C(=O)O. The first-order valence-corrected chi connectivity index (χ1v) is 5.04. The van der Waals surface area contributed by atoms with Crippen LogP contribution in [0.2, 0.25) is 0 Å². The van der Waals surface area contributed by atoms with Crippen LogP contribution in [-0.2, 0) is 6.18 Å². The minimum Gasteiger partial charge on any atom is -0.478 e. The maximum absolute atomic E-state index is 12.4. The highest BCUT2D eigenvalue weighted by atomic mass is 19.4. The van der Waals surface area contributed by atoms with Gasteiger partial charge in [-0.1, -0.05) is 0 Å². The summed E-state index contributed by atoms with van der Waals surface area (Å²) < 4.78 is 38.2. The van der Waals surface area contributed by atoms with Gasteiger partial charge in [-0.15, -0.1) is 0 Å². The van der Waals surface area contributed by atoms with Gasteiger partial charge in [-0.2, -0.15) is 18.3 Å². The van der Waals surface area contributed by atoms with Gasteiger partial charge < -0.3 is 10.8 Å². The molecular weight excluding hydrogens is 263 g/mol. The fourth-order valence-corrected chi connectivity index (χ4v) is 1.50. The van der Waals surface area contributed by atoms with Gasteiger partial charge in [0.25, 0.3) is 0 Å². The summed E-state index contributed by atoms with van der Waals surface area (Å²) in [6, 6.07) is 3.78. The molecule has 0 unspecified atom stereocenters. The van der Waals surface area contributed by atoms with Gasteiger partial charge in [0.2, 0.25) is 0 Å². The lowest BCUT2D eigenvalue weighted by atomic mass is 10.1. The van der Waals surface area contributed by atoms with Crippen molar-refractivity contribution in [2.45, 2.75) is 6.18 Å². The molecule has 0 aliphatic carbocycles. The van der Waals surface area contributed by atoms with Crippen LogP contribution in [0, 0.1) is 0 Å². The summed E-state index contributed by atoms with van der Waals surface area (Å²) in [5.74, 6) is -1.21. The number of anilines is 1. The minimum atomic E-state index is -4.48. The lowest BCUT2D eigenvalue weighted by Gasteiger charge is -2.05. The molecule has 1 aromatic carbocycles. The Morgan fingerprint density at radius 3 is 2.53 bits per heavy atom. The zero-order chi connectivity index (χ0) is 14.2. The van der Waals surface area contributed by atoms with Gasteiger partial charge in [0.05, 0.1) is 23.0 Å². The number of rotatable bonds is 2. The van der Waals surface area contributed by atoms with Crippen molar-refractivity contribution in [1.29, 1.82) is 0 Å². The van der Waals surface area contributed by atoms with Gasteiger partial charge in [-0.05, 0) is 18.2 Å². The third kappa shape index (κ3) is 2.51. The van der Waals surface area contributed by atoms with E-state index in [9.17, 15) is 18.0 Å². The first-order valence-electron chi connectivity index (χ1n) is 5.04. The van der Waals surface area contributed by atoms with Gasteiger partial charge in [0, 0.05) is 11.9 Å². The largest absolute Gasteiger partial charge is 0.478 e. The molecule has 0 amide bonds. The highest BCUT2D eigenvalue weighted by Crippen LogP contribution is 2.29.